The lowest BCUT2D eigenvalue weighted by Crippen LogP contribution is -2.11. The second-order valence-electron chi connectivity index (χ2n) is 4.85. The molecular formula is C16H15FN2O2. The first-order valence-corrected chi connectivity index (χ1v) is 6.63. The summed E-state index contributed by atoms with van der Waals surface area (Å²) in [4.78, 5) is 0. The number of nitrogens with zero attached hydrogens (tertiary/aromatic N) is 1. The van der Waals surface area contributed by atoms with Gasteiger partial charge < -0.3 is 15.3 Å². The first-order chi connectivity index (χ1) is 10.2. The van der Waals surface area contributed by atoms with Crippen molar-refractivity contribution in [3.8, 4) is 11.5 Å². The molecule has 2 aromatic rings. The molecule has 2 aromatic carbocycles. The summed E-state index contributed by atoms with van der Waals surface area (Å²) in [5.41, 5.74) is 4.82. The number of phenols is 1. The normalized spacial score (nSPS) is 17.2. The predicted octanol–water partition coefficient (Wildman–Crippen LogP) is 2.98. The van der Waals surface area contributed by atoms with E-state index in [9.17, 15) is 9.50 Å². The molecule has 1 heterocycles. The number of rotatable bonds is 3. The number of nitrogens with one attached hydrogen (secondary N) is 1. The minimum atomic E-state index is -0.259. The van der Waals surface area contributed by atoms with E-state index in [-0.39, 0.29) is 17.6 Å². The maximum Gasteiger partial charge on any atom is 0.128 e. The highest BCUT2D eigenvalue weighted by molar-refractivity contribution is 6.04. The van der Waals surface area contributed by atoms with Crippen LogP contribution in [-0.2, 0) is 0 Å². The Morgan fingerprint density at radius 3 is 2.81 bits per heavy atom. The number of phenolic OH excluding ortho intramolecular Hbond substituents is 1. The third kappa shape index (κ3) is 2.54. The Hall–Kier alpha value is -2.56. The number of methoxy groups -OCH3 is 1. The van der Waals surface area contributed by atoms with Gasteiger partial charge in [0.05, 0.1) is 18.9 Å². The van der Waals surface area contributed by atoms with Crippen molar-refractivity contribution >= 4 is 5.71 Å². The number of hydrogen-bond donors (Lipinski definition) is 2. The van der Waals surface area contributed by atoms with Gasteiger partial charge in [0.15, 0.2) is 0 Å². The van der Waals surface area contributed by atoms with Crippen LogP contribution in [0.25, 0.3) is 0 Å². The fourth-order valence-corrected chi connectivity index (χ4v) is 2.43. The van der Waals surface area contributed by atoms with E-state index in [0.717, 1.165) is 0 Å². The Labute approximate surface area is 121 Å². The summed E-state index contributed by atoms with van der Waals surface area (Å²) in [5, 5.41) is 14.3. The molecule has 0 radical (unpaired) electrons. The van der Waals surface area contributed by atoms with Gasteiger partial charge in [-0.25, -0.2) is 4.39 Å². The van der Waals surface area contributed by atoms with Crippen molar-refractivity contribution in [2.45, 2.75) is 12.5 Å². The summed E-state index contributed by atoms with van der Waals surface area (Å²) in [6, 6.07) is 11.4. The van der Waals surface area contributed by atoms with E-state index in [1.54, 1.807) is 30.3 Å². The molecule has 1 unspecified atom stereocenters. The summed E-state index contributed by atoms with van der Waals surface area (Å²) in [5.74, 6) is 0.419. The zero-order valence-corrected chi connectivity index (χ0v) is 11.5. The van der Waals surface area contributed by atoms with E-state index in [1.807, 2.05) is 0 Å². The molecule has 3 rings (SSSR count). The van der Waals surface area contributed by atoms with Crippen LogP contribution >= 0.6 is 0 Å². The smallest absolute Gasteiger partial charge is 0.128 e. The zero-order valence-electron chi connectivity index (χ0n) is 11.5. The molecule has 1 aliphatic rings. The lowest BCUT2D eigenvalue weighted by Gasteiger charge is -2.11. The molecule has 21 heavy (non-hydrogen) atoms. The van der Waals surface area contributed by atoms with Gasteiger partial charge in [0.25, 0.3) is 0 Å². The van der Waals surface area contributed by atoms with E-state index < -0.39 is 0 Å². The van der Waals surface area contributed by atoms with E-state index in [2.05, 4.69) is 10.5 Å². The Kier molecular flexibility index (Phi) is 3.48. The van der Waals surface area contributed by atoms with Crippen molar-refractivity contribution in [2.75, 3.05) is 7.11 Å². The van der Waals surface area contributed by atoms with Crippen LogP contribution in [0.1, 0.15) is 23.6 Å². The van der Waals surface area contributed by atoms with Crippen molar-refractivity contribution in [2.24, 2.45) is 5.10 Å². The van der Waals surface area contributed by atoms with Gasteiger partial charge in [-0.3, -0.25) is 0 Å². The number of aromatic hydroxyl groups is 1. The molecule has 4 nitrogen and oxygen atoms in total. The first kappa shape index (κ1) is 13.4. The third-order valence-corrected chi connectivity index (χ3v) is 3.55. The molecule has 0 bridgehead atoms. The van der Waals surface area contributed by atoms with Gasteiger partial charge in [0.1, 0.15) is 17.3 Å². The summed E-state index contributed by atoms with van der Waals surface area (Å²) in [6.07, 6.45) is 0.515. The lowest BCUT2D eigenvalue weighted by molar-refractivity contribution is 0.407. The maximum absolute atomic E-state index is 13.8. The molecule has 0 saturated carbocycles. The SMILES string of the molecule is COc1ccc(C2=NNC(c3ccccc3F)C2)c(O)c1. The molecule has 0 aliphatic carbocycles. The Morgan fingerprint density at radius 1 is 1.29 bits per heavy atom. The van der Waals surface area contributed by atoms with Crippen LogP contribution in [0.5, 0.6) is 11.5 Å². The number of ether oxygens (including phenoxy) is 1. The van der Waals surface area contributed by atoms with Crippen LogP contribution in [0, 0.1) is 5.82 Å². The predicted molar refractivity (Wildman–Crippen MR) is 78.1 cm³/mol. The van der Waals surface area contributed by atoms with Crippen LogP contribution in [-0.4, -0.2) is 17.9 Å². The van der Waals surface area contributed by atoms with Gasteiger partial charge in [-0.05, 0) is 18.2 Å². The van der Waals surface area contributed by atoms with E-state index in [0.29, 0.717) is 29.0 Å². The van der Waals surface area contributed by atoms with Crippen molar-refractivity contribution in [3.63, 3.8) is 0 Å². The molecule has 0 saturated heterocycles. The standard InChI is InChI=1S/C16H15FN2O2/c1-21-10-6-7-12(16(20)8-10)15-9-14(18-19-15)11-4-2-3-5-13(11)17/h2-8,14,18,20H,9H2,1H3. The molecule has 0 spiro atoms. The van der Waals surface area contributed by atoms with Gasteiger partial charge in [-0.1, -0.05) is 18.2 Å². The number of benzene rings is 2. The lowest BCUT2D eigenvalue weighted by atomic mass is 9.98. The summed E-state index contributed by atoms with van der Waals surface area (Å²) < 4.78 is 18.8. The largest absolute Gasteiger partial charge is 0.507 e. The minimum absolute atomic E-state index is 0.101. The molecule has 108 valence electrons. The summed E-state index contributed by atoms with van der Waals surface area (Å²) >= 11 is 0. The molecule has 2 N–H and O–H groups in total. The Balaban J connectivity index is 1.83. The van der Waals surface area contributed by atoms with Gasteiger partial charge in [-0.15, -0.1) is 0 Å². The summed E-state index contributed by atoms with van der Waals surface area (Å²) in [7, 11) is 1.54. The van der Waals surface area contributed by atoms with Gasteiger partial charge in [0, 0.05) is 23.6 Å². The molecule has 0 aromatic heterocycles. The Bertz CT molecular complexity index is 700. The van der Waals surface area contributed by atoms with E-state index >= 15 is 0 Å². The minimum Gasteiger partial charge on any atom is -0.507 e. The Morgan fingerprint density at radius 2 is 2.10 bits per heavy atom. The molecule has 0 amide bonds. The second kappa shape index (κ2) is 5.44. The molecular weight excluding hydrogens is 271 g/mol. The van der Waals surface area contributed by atoms with Crippen LogP contribution in [0.3, 0.4) is 0 Å². The van der Waals surface area contributed by atoms with E-state index in [4.69, 9.17) is 4.74 Å². The highest BCUT2D eigenvalue weighted by Crippen LogP contribution is 2.31. The summed E-state index contributed by atoms with van der Waals surface area (Å²) in [6.45, 7) is 0. The number of hydrazone groups is 1. The molecule has 1 atom stereocenters. The molecule has 5 heteroatoms. The quantitative estimate of drug-likeness (QED) is 0.912. The fourth-order valence-electron chi connectivity index (χ4n) is 2.43. The van der Waals surface area contributed by atoms with Crippen molar-refractivity contribution in [3.05, 3.63) is 59.4 Å². The van der Waals surface area contributed by atoms with Crippen molar-refractivity contribution in [1.29, 1.82) is 0 Å². The van der Waals surface area contributed by atoms with Gasteiger partial charge in [-0.2, -0.15) is 5.10 Å². The number of hydrogen-bond acceptors (Lipinski definition) is 4. The van der Waals surface area contributed by atoms with Crippen molar-refractivity contribution < 1.29 is 14.2 Å². The van der Waals surface area contributed by atoms with E-state index in [1.165, 1.54) is 19.2 Å². The average Bonchev–Trinajstić information content (AvgIpc) is 2.97. The van der Waals surface area contributed by atoms with Crippen molar-refractivity contribution in [1.82, 2.24) is 5.43 Å². The van der Waals surface area contributed by atoms with Crippen LogP contribution in [0.2, 0.25) is 0 Å². The fraction of sp³-hybridized carbons (Fsp3) is 0.188. The molecule has 0 fully saturated rings. The second-order valence-corrected chi connectivity index (χ2v) is 4.85. The topological polar surface area (TPSA) is 53.8 Å². The van der Waals surface area contributed by atoms with Crippen LogP contribution in [0.15, 0.2) is 47.6 Å². The number of halogens is 1. The third-order valence-electron chi connectivity index (χ3n) is 3.55. The first-order valence-electron chi connectivity index (χ1n) is 6.63. The maximum atomic E-state index is 13.8. The van der Waals surface area contributed by atoms with Crippen LogP contribution in [0.4, 0.5) is 4.39 Å². The highest BCUT2D eigenvalue weighted by Gasteiger charge is 2.24. The van der Waals surface area contributed by atoms with Gasteiger partial charge >= 0.3 is 0 Å². The monoisotopic (exact) mass is 286 g/mol. The average molecular weight is 286 g/mol. The zero-order chi connectivity index (χ0) is 14.8. The molecule has 1 aliphatic heterocycles. The highest BCUT2D eigenvalue weighted by atomic mass is 19.1. The van der Waals surface area contributed by atoms with Gasteiger partial charge in [0.2, 0.25) is 0 Å². The van der Waals surface area contributed by atoms with Crippen LogP contribution < -0.4 is 10.2 Å².